The maximum atomic E-state index is 12.8. The number of halogens is 1. The summed E-state index contributed by atoms with van der Waals surface area (Å²) in [6, 6.07) is 5.84. The van der Waals surface area contributed by atoms with Crippen LogP contribution in [0, 0.1) is 5.82 Å². The molecule has 20 heavy (non-hydrogen) atoms. The van der Waals surface area contributed by atoms with E-state index in [2.05, 4.69) is 11.9 Å². The van der Waals surface area contributed by atoms with Crippen LogP contribution in [0.15, 0.2) is 36.9 Å². The van der Waals surface area contributed by atoms with Crippen molar-refractivity contribution >= 4 is 5.91 Å². The van der Waals surface area contributed by atoms with Gasteiger partial charge in [0.15, 0.2) is 0 Å². The van der Waals surface area contributed by atoms with Gasteiger partial charge in [-0.05, 0) is 24.6 Å². The number of rotatable bonds is 8. The highest BCUT2D eigenvalue weighted by Gasteiger charge is 2.12. The highest BCUT2D eigenvalue weighted by molar-refractivity contribution is 5.78. The third kappa shape index (κ3) is 5.50. The lowest BCUT2D eigenvalue weighted by Crippen LogP contribution is -2.39. The molecule has 0 aliphatic heterocycles. The molecule has 0 saturated carbocycles. The number of hydrogen-bond donors (Lipinski definition) is 2. The van der Waals surface area contributed by atoms with Gasteiger partial charge in [0.05, 0.1) is 19.2 Å². The number of nitrogens with one attached hydrogen (secondary N) is 1. The molecule has 5 heteroatoms. The zero-order chi connectivity index (χ0) is 15.0. The first-order chi connectivity index (χ1) is 9.56. The lowest BCUT2D eigenvalue weighted by molar-refractivity contribution is -0.122. The van der Waals surface area contributed by atoms with Gasteiger partial charge in [0.2, 0.25) is 5.91 Å². The molecule has 0 aliphatic carbocycles. The molecule has 0 aliphatic rings. The van der Waals surface area contributed by atoms with Gasteiger partial charge in [0.1, 0.15) is 5.82 Å². The predicted octanol–water partition coefficient (Wildman–Crippen LogP) is 1.48. The smallest absolute Gasteiger partial charge is 0.234 e. The van der Waals surface area contributed by atoms with E-state index in [1.54, 1.807) is 23.1 Å². The van der Waals surface area contributed by atoms with Crippen molar-refractivity contribution in [2.24, 2.45) is 0 Å². The molecule has 110 valence electrons. The maximum Gasteiger partial charge on any atom is 0.234 e. The minimum absolute atomic E-state index is 0.00532. The van der Waals surface area contributed by atoms with Crippen molar-refractivity contribution in [2.75, 3.05) is 26.2 Å². The number of carbonyl (C=O) groups is 1. The average Bonchev–Trinajstić information content (AvgIpc) is 2.39. The molecule has 1 aromatic carbocycles. The van der Waals surface area contributed by atoms with E-state index in [0.29, 0.717) is 13.1 Å². The second-order valence-electron chi connectivity index (χ2n) is 4.59. The second-order valence-corrected chi connectivity index (χ2v) is 4.59. The SMILES string of the molecule is C=CCN(CCO)CC(=O)NC(C)c1ccc(F)cc1. The first-order valence-corrected chi connectivity index (χ1v) is 6.55. The zero-order valence-electron chi connectivity index (χ0n) is 11.7. The number of nitrogens with zero attached hydrogens (tertiary/aromatic N) is 1. The maximum absolute atomic E-state index is 12.8. The van der Waals surface area contributed by atoms with E-state index in [4.69, 9.17) is 5.11 Å². The highest BCUT2D eigenvalue weighted by Crippen LogP contribution is 2.12. The Morgan fingerprint density at radius 1 is 1.50 bits per heavy atom. The Balaban J connectivity index is 2.51. The van der Waals surface area contributed by atoms with Gasteiger partial charge in [-0.15, -0.1) is 6.58 Å². The molecule has 1 amide bonds. The van der Waals surface area contributed by atoms with Gasteiger partial charge < -0.3 is 10.4 Å². The zero-order valence-corrected chi connectivity index (χ0v) is 11.7. The summed E-state index contributed by atoms with van der Waals surface area (Å²) in [6.45, 7) is 6.61. The van der Waals surface area contributed by atoms with Gasteiger partial charge in [0, 0.05) is 13.1 Å². The van der Waals surface area contributed by atoms with Gasteiger partial charge in [-0.2, -0.15) is 0 Å². The van der Waals surface area contributed by atoms with E-state index in [1.807, 2.05) is 6.92 Å². The van der Waals surface area contributed by atoms with E-state index in [1.165, 1.54) is 12.1 Å². The second kappa shape index (κ2) is 8.45. The van der Waals surface area contributed by atoms with Crippen LogP contribution in [0.3, 0.4) is 0 Å². The van der Waals surface area contributed by atoms with Crippen molar-refractivity contribution in [3.63, 3.8) is 0 Å². The van der Waals surface area contributed by atoms with Crippen molar-refractivity contribution in [1.82, 2.24) is 10.2 Å². The first-order valence-electron chi connectivity index (χ1n) is 6.55. The molecule has 0 bridgehead atoms. The topological polar surface area (TPSA) is 52.6 Å². The van der Waals surface area contributed by atoms with Crippen LogP contribution < -0.4 is 5.32 Å². The largest absolute Gasteiger partial charge is 0.395 e. The van der Waals surface area contributed by atoms with Crippen molar-refractivity contribution in [1.29, 1.82) is 0 Å². The summed E-state index contributed by atoms with van der Waals surface area (Å²) in [5.74, 6) is -0.440. The number of aliphatic hydroxyl groups excluding tert-OH is 1. The molecule has 4 nitrogen and oxygen atoms in total. The van der Waals surface area contributed by atoms with Crippen LogP contribution >= 0.6 is 0 Å². The van der Waals surface area contributed by atoms with Gasteiger partial charge >= 0.3 is 0 Å². The molecule has 0 heterocycles. The van der Waals surface area contributed by atoms with Gasteiger partial charge in [0.25, 0.3) is 0 Å². The third-order valence-corrected chi connectivity index (χ3v) is 2.92. The van der Waals surface area contributed by atoms with E-state index in [9.17, 15) is 9.18 Å². The van der Waals surface area contributed by atoms with Crippen molar-refractivity contribution < 1.29 is 14.3 Å². The molecule has 0 saturated heterocycles. The molecular weight excluding hydrogens is 259 g/mol. The fourth-order valence-electron chi connectivity index (χ4n) is 1.88. The lowest BCUT2D eigenvalue weighted by Gasteiger charge is -2.21. The van der Waals surface area contributed by atoms with Gasteiger partial charge in [-0.3, -0.25) is 9.69 Å². The molecule has 0 fully saturated rings. The van der Waals surface area contributed by atoms with Crippen LogP contribution in [0.4, 0.5) is 4.39 Å². The van der Waals surface area contributed by atoms with Crippen LogP contribution in [-0.4, -0.2) is 42.2 Å². The molecule has 1 atom stereocenters. The summed E-state index contributed by atoms with van der Waals surface area (Å²) in [4.78, 5) is 13.7. The Morgan fingerprint density at radius 2 is 2.15 bits per heavy atom. The quantitative estimate of drug-likeness (QED) is 0.709. The summed E-state index contributed by atoms with van der Waals surface area (Å²) < 4.78 is 12.8. The van der Waals surface area contributed by atoms with Gasteiger partial charge in [-0.25, -0.2) is 4.39 Å². The number of benzene rings is 1. The Labute approximate surface area is 118 Å². The van der Waals surface area contributed by atoms with Crippen LogP contribution in [0.25, 0.3) is 0 Å². The Kier molecular flexibility index (Phi) is 6.90. The van der Waals surface area contributed by atoms with Crippen molar-refractivity contribution in [3.8, 4) is 0 Å². The van der Waals surface area contributed by atoms with E-state index >= 15 is 0 Å². The lowest BCUT2D eigenvalue weighted by atomic mass is 10.1. The van der Waals surface area contributed by atoms with Crippen LogP contribution in [0.2, 0.25) is 0 Å². The van der Waals surface area contributed by atoms with E-state index in [0.717, 1.165) is 5.56 Å². The third-order valence-electron chi connectivity index (χ3n) is 2.92. The molecule has 0 radical (unpaired) electrons. The van der Waals surface area contributed by atoms with E-state index in [-0.39, 0.29) is 30.9 Å². The molecule has 1 rings (SSSR count). The molecule has 1 unspecified atom stereocenters. The van der Waals surface area contributed by atoms with Crippen LogP contribution in [0.5, 0.6) is 0 Å². The van der Waals surface area contributed by atoms with E-state index < -0.39 is 0 Å². The summed E-state index contributed by atoms with van der Waals surface area (Å²) in [7, 11) is 0. The molecule has 0 aromatic heterocycles. The molecule has 2 N–H and O–H groups in total. The first kappa shape index (κ1) is 16.3. The summed E-state index contributed by atoms with van der Waals surface area (Å²) >= 11 is 0. The number of amides is 1. The standard InChI is InChI=1S/C15H21FN2O2/c1-3-8-18(9-10-19)11-15(20)17-12(2)13-4-6-14(16)7-5-13/h3-7,12,19H,1,8-11H2,2H3,(H,17,20). The average molecular weight is 280 g/mol. The molecule has 1 aromatic rings. The predicted molar refractivity (Wildman–Crippen MR) is 76.7 cm³/mol. The van der Waals surface area contributed by atoms with Crippen molar-refractivity contribution in [3.05, 3.63) is 48.3 Å². The Bertz CT molecular complexity index is 434. The fourth-order valence-corrected chi connectivity index (χ4v) is 1.88. The summed E-state index contributed by atoms with van der Waals surface area (Å²) in [6.07, 6.45) is 1.69. The van der Waals surface area contributed by atoms with Crippen molar-refractivity contribution in [2.45, 2.75) is 13.0 Å². The Hall–Kier alpha value is -1.72. The van der Waals surface area contributed by atoms with Gasteiger partial charge in [-0.1, -0.05) is 18.2 Å². The van der Waals surface area contributed by atoms with Crippen LogP contribution in [0.1, 0.15) is 18.5 Å². The monoisotopic (exact) mass is 280 g/mol. The fraction of sp³-hybridized carbons (Fsp3) is 0.400. The Morgan fingerprint density at radius 3 is 2.70 bits per heavy atom. The number of aliphatic hydroxyl groups is 1. The molecular formula is C15H21FN2O2. The summed E-state index contributed by atoms with van der Waals surface area (Å²) in [5, 5.41) is 11.8. The highest BCUT2D eigenvalue weighted by atomic mass is 19.1. The summed E-state index contributed by atoms with van der Waals surface area (Å²) in [5.41, 5.74) is 0.845. The minimum atomic E-state index is -0.299. The number of hydrogen-bond acceptors (Lipinski definition) is 3. The number of carbonyl (C=O) groups excluding carboxylic acids is 1. The minimum Gasteiger partial charge on any atom is -0.395 e. The normalized spacial score (nSPS) is 12.2. The van der Waals surface area contributed by atoms with Crippen LogP contribution in [-0.2, 0) is 4.79 Å². The molecule has 0 spiro atoms.